The van der Waals surface area contributed by atoms with Crippen molar-refractivity contribution in [2.45, 2.75) is 51.1 Å². The van der Waals surface area contributed by atoms with Gasteiger partial charge < -0.3 is 5.32 Å². The highest BCUT2D eigenvalue weighted by Gasteiger charge is 2.19. The Hall–Kier alpha value is -1.64. The minimum Gasteiger partial charge on any atom is -0.310 e. The SMILES string of the molecule is CC(c1ccc(-c2ccc([C@H]3CCCCN3)cc2)cc1)N1CCCC1. The van der Waals surface area contributed by atoms with Gasteiger partial charge in [-0.15, -0.1) is 0 Å². The Morgan fingerprint density at radius 1 is 0.840 bits per heavy atom. The predicted octanol–water partition coefficient (Wildman–Crippen LogP) is 5.33. The lowest BCUT2D eigenvalue weighted by Gasteiger charge is -2.24. The molecule has 2 heterocycles. The summed E-state index contributed by atoms with van der Waals surface area (Å²) in [6.45, 7) is 5.99. The molecule has 0 saturated carbocycles. The van der Waals surface area contributed by atoms with Crippen molar-refractivity contribution in [2.24, 2.45) is 0 Å². The second-order valence-corrected chi connectivity index (χ2v) is 7.67. The van der Waals surface area contributed by atoms with Crippen molar-refractivity contribution in [3.05, 3.63) is 59.7 Å². The molecule has 0 radical (unpaired) electrons. The Kier molecular flexibility index (Phi) is 5.19. The highest BCUT2D eigenvalue weighted by Crippen LogP contribution is 2.29. The highest BCUT2D eigenvalue weighted by molar-refractivity contribution is 5.64. The first-order chi connectivity index (χ1) is 12.3. The summed E-state index contributed by atoms with van der Waals surface area (Å²) < 4.78 is 0. The van der Waals surface area contributed by atoms with Gasteiger partial charge in [0.2, 0.25) is 0 Å². The fourth-order valence-corrected chi connectivity index (χ4v) is 4.34. The van der Waals surface area contributed by atoms with E-state index >= 15 is 0 Å². The molecule has 132 valence electrons. The van der Waals surface area contributed by atoms with E-state index in [1.165, 1.54) is 67.4 Å². The maximum Gasteiger partial charge on any atom is 0.0320 e. The molecule has 0 aromatic heterocycles. The highest BCUT2D eigenvalue weighted by atomic mass is 15.2. The smallest absolute Gasteiger partial charge is 0.0320 e. The number of benzene rings is 2. The van der Waals surface area contributed by atoms with Crippen molar-refractivity contribution >= 4 is 0 Å². The zero-order valence-electron chi connectivity index (χ0n) is 15.4. The van der Waals surface area contributed by atoms with E-state index in [4.69, 9.17) is 0 Å². The fourth-order valence-electron chi connectivity index (χ4n) is 4.34. The van der Waals surface area contributed by atoms with Crippen molar-refractivity contribution in [1.82, 2.24) is 10.2 Å². The summed E-state index contributed by atoms with van der Waals surface area (Å²) in [6, 6.07) is 19.5. The van der Waals surface area contributed by atoms with Crippen LogP contribution in [0, 0.1) is 0 Å². The third kappa shape index (κ3) is 3.80. The van der Waals surface area contributed by atoms with Crippen molar-refractivity contribution < 1.29 is 0 Å². The van der Waals surface area contributed by atoms with Crippen LogP contribution in [0.2, 0.25) is 0 Å². The van der Waals surface area contributed by atoms with Crippen LogP contribution in [-0.4, -0.2) is 24.5 Å². The fraction of sp³-hybridized carbons (Fsp3) is 0.478. The molecule has 0 bridgehead atoms. The monoisotopic (exact) mass is 334 g/mol. The average molecular weight is 335 g/mol. The first-order valence-electron chi connectivity index (χ1n) is 9.99. The van der Waals surface area contributed by atoms with E-state index in [1.54, 1.807) is 0 Å². The van der Waals surface area contributed by atoms with Gasteiger partial charge in [-0.3, -0.25) is 4.90 Å². The molecule has 2 saturated heterocycles. The number of hydrogen-bond acceptors (Lipinski definition) is 2. The van der Waals surface area contributed by atoms with Crippen LogP contribution in [0.25, 0.3) is 11.1 Å². The quantitative estimate of drug-likeness (QED) is 0.813. The summed E-state index contributed by atoms with van der Waals surface area (Å²) in [5.74, 6) is 0. The minimum atomic E-state index is 0.538. The van der Waals surface area contributed by atoms with Crippen LogP contribution in [0.4, 0.5) is 0 Å². The summed E-state index contributed by atoms with van der Waals surface area (Å²) in [7, 11) is 0. The van der Waals surface area contributed by atoms with Crippen molar-refractivity contribution in [2.75, 3.05) is 19.6 Å². The van der Waals surface area contributed by atoms with E-state index in [-0.39, 0.29) is 0 Å². The van der Waals surface area contributed by atoms with Crippen LogP contribution in [0.1, 0.15) is 62.2 Å². The maximum atomic E-state index is 3.64. The van der Waals surface area contributed by atoms with Gasteiger partial charge in [-0.05, 0) is 74.5 Å². The van der Waals surface area contributed by atoms with Crippen LogP contribution in [0.3, 0.4) is 0 Å². The van der Waals surface area contributed by atoms with Crippen molar-refractivity contribution in [3.63, 3.8) is 0 Å². The minimum absolute atomic E-state index is 0.538. The topological polar surface area (TPSA) is 15.3 Å². The normalized spacial score (nSPS) is 22.8. The van der Waals surface area contributed by atoms with Gasteiger partial charge in [0.25, 0.3) is 0 Å². The van der Waals surface area contributed by atoms with Gasteiger partial charge in [-0.25, -0.2) is 0 Å². The zero-order valence-corrected chi connectivity index (χ0v) is 15.4. The molecule has 1 N–H and O–H groups in total. The van der Waals surface area contributed by atoms with Gasteiger partial charge in [0, 0.05) is 12.1 Å². The Labute approximate surface area is 152 Å². The molecule has 2 atom stereocenters. The largest absolute Gasteiger partial charge is 0.310 e. The van der Waals surface area contributed by atoms with E-state index in [0.717, 1.165) is 6.54 Å². The number of likely N-dealkylation sites (tertiary alicyclic amines) is 1. The van der Waals surface area contributed by atoms with Gasteiger partial charge in [0.15, 0.2) is 0 Å². The second-order valence-electron chi connectivity index (χ2n) is 7.67. The molecule has 0 spiro atoms. The van der Waals surface area contributed by atoms with Crippen LogP contribution in [0.5, 0.6) is 0 Å². The molecule has 2 aromatic carbocycles. The van der Waals surface area contributed by atoms with Crippen LogP contribution >= 0.6 is 0 Å². The molecule has 2 fully saturated rings. The molecule has 2 heteroatoms. The maximum absolute atomic E-state index is 3.64. The van der Waals surface area contributed by atoms with Crippen LogP contribution in [0.15, 0.2) is 48.5 Å². The van der Waals surface area contributed by atoms with E-state index in [9.17, 15) is 0 Å². The van der Waals surface area contributed by atoms with E-state index < -0.39 is 0 Å². The summed E-state index contributed by atoms with van der Waals surface area (Å²) >= 11 is 0. The first-order valence-corrected chi connectivity index (χ1v) is 9.99. The van der Waals surface area contributed by atoms with Gasteiger partial charge in [-0.2, -0.15) is 0 Å². The number of piperidine rings is 1. The second kappa shape index (κ2) is 7.72. The molecule has 0 aliphatic carbocycles. The Morgan fingerprint density at radius 2 is 1.48 bits per heavy atom. The molecular formula is C23H30N2. The van der Waals surface area contributed by atoms with Crippen LogP contribution in [-0.2, 0) is 0 Å². The average Bonchev–Trinajstić information content (AvgIpc) is 3.23. The molecule has 2 aromatic rings. The molecule has 2 aliphatic rings. The van der Waals surface area contributed by atoms with E-state index in [0.29, 0.717) is 12.1 Å². The van der Waals surface area contributed by atoms with Gasteiger partial charge in [-0.1, -0.05) is 55.0 Å². The molecule has 0 amide bonds. The van der Waals surface area contributed by atoms with Gasteiger partial charge >= 0.3 is 0 Å². The van der Waals surface area contributed by atoms with E-state index in [2.05, 4.69) is 65.7 Å². The summed E-state index contributed by atoms with van der Waals surface area (Å²) in [4.78, 5) is 2.60. The van der Waals surface area contributed by atoms with Gasteiger partial charge in [0.1, 0.15) is 0 Å². The van der Waals surface area contributed by atoms with Gasteiger partial charge in [0.05, 0.1) is 0 Å². The summed E-state index contributed by atoms with van der Waals surface area (Å²) in [6.07, 6.45) is 6.63. The molecule has 2 nitrogen and oxygen atoms in total. The third-order valence-corrected chi connectivity index (χ3v) is 6.04. The van der Waals surface area contributed by atoms with Crippen LogP contribution < -0.4 is 5.32 Å². The lowest BCUT2D eigenvalue weighted by molar-refractivity contribution is 0.263. The number of nitrogens with one attached hydrogen (secondary N) is 1. The Bertz CT molecular complexity index is 662. The Morgan fingerprint density at radius 3 is 2.08 bits per heavy atom. The lowest BCUT2D eigenvalue weighted by atomic mass is 9.95. The lowest BCUT2D eigenvalue weighted by Crippen LogP contribution is -2.26. The number of nitrogens with zero attached hydrogens (tertiary/aromatic N) is 1. The molecule has 25 heavy (non-hydrogen) atoms. The van der Waals surface area contributed by atoms with Crippen molar-refractivity contribution in [1.29, 1.82) is 0 Å². The predicted molar refractivity (Wildman–Crippen MR) is 106 cm³/mol. The molecule has 2 aliphatic heterocycles. The third-order valence-electron chi connectivity index (χ3n) is 6.04. The zero-order chi connectivity index (χ0) is 17.1. The Balaban J connectivity index is 1.46. The van der Waals surface area contributed by atoms with E-state index in [1.807, 2.05) is 0 Å². The van der Waals surface area contributed by atoms with Crippen molar-refractivity contribution in [3.8, 4) is 11.1 Å². The number of rotatable bonds is 4. The molecule has 1 unspecified atom stereocenters. The standard InChI is InChI=1S/C23H30N2/c1-18(25-16-4-5-17-25)19-7-9-20(10-8-19)21-11-13-22(14-12-21)23-6-2-3-15-24-23/h7-14,18,23-24H,2-6,15-17H2,1H3/t18?,23-/m1/s1. The summed E-state index contributed by atoms with van der Waals surface area (Å²) in [5, 5.41) is 3.64. The molecule has 4 rings (SSSR count). The summed E-state index contributed by atoms with van der Waals surface area (Å²) in [5.41, 5.74) is 5.51. The molecular weight excluding hydrogens is 304 g/mol. The first kappa shape index (κ1) is 16.8. The number of hydrogen-bond donors (Lipinski definition) is 1.